The van der Waals surface area contributed by atoms with E-state index >= 15 is 0 Å². The fraction of sp³-hybridized carbons (Fsp3) is 0.167. The first-order valence-electron chi connectivity index (χ1n) is 9.57. The Morgan fingerprint density at radius 3 is 2.69 bits per heavy atom. The molecule has 3 aromatic carbocycles. The Morgan fingerprint density at radius 1 is 1.07 bits per heavy atom. The molecule has 0 saturated heterocycles. The fourth-order valence-electron chi connectivity index (χ4n) is 3.38. The summed E-state index contributed by atoms with van der Waals surface area (Å²) in [5.74, 6) is 1.23. The molecule has 4 aromatic rings. The third-order valence-corrected chi connectivity index (χ3v) is 4.91. The van der Waals surface area contributed by atoms with Gasteiger partial charge in [0.25, 0.3) is 5.91 Å². The number of hydrogen-bond donors (Lipinski definition) is 2. The largest absolute Gasteiger partial charge is 0.497 e. The summed E-state index contributed by atoms with van der Waals surface area (Å²) in [6.07, 6.45) is 0.634. The van der Waals surface area contributed by atoms with Crippen LogP contribution in [-0.2, 0) is 6.42 Å². The van der Waals surface area contributed by atoms with Crippen molar-refractivity contribution in [3.05, 3.63) is 95.3 Å². The third-order valence-electron chi connectivity index (χ3n) is 4.91. The number of H-pyrrole nitrogens is 1. The first-order valence-corrected chi connectivity index (χ1v) is 9.57. The van der Waals surface area contributed by atoms with Crippen molar-refractivity contribution >= 4 is 16.9 Å². The Hall–Kier alpha value is -3.60. The molecule has 0 spiro atoms. The van der Waals surface area contributed by atoms with Crippen molar-refractivity contribution in [1.82, 2.24) is 15.3 Å². The maximum Gasteiger partial charge on any atom is 0.252 e. The third kappa shape index (κ3) is 4.29. The van der Waals surface area contributed by atoms with Gasteiger partial charge in [0.1, 0.15) is 11.6 Å². The molecule has 2 N–H and O–H groups in total. The highest BCUT2D eigenvalue weighted by Gasteiger charge is 2.20. The minimum atomic E-state index is -0.288. The van der Waals surface area contributed by atoms with Crippen LogP contribution in [0.1, 0.15) is 33.4 Å². The molecule has 1 aromatic heterocycles. The molecule has 146 valence electrons. The summed E-state index contributed by atoms with van der Waals surface area (Å²) >= 11 is 0. The summed E-state index contributed by atoms with van der Waals surface area (Å²) < 4.78 is 5.24. The monoisotopic (exact) mass is 385 g/mol. The Bertz CT molecular complexity index is 1140. The highest BCUT2D eigenvalue weighted by Crippen LogP contribution is 2.22. The molecular formula is C24H23N3O2. The molecule has 0 bridgehead atoms. The normalized spacial score (nSPS) is 11.9. The van der Waals surface area contributed by atoms with Gasteiger partial charge in [-0.3, -0.25) is 4.79 Å². The van der Waals surface area contributed by atoms with Crippen molar-refractivity contribution in [2.75, 3.05) is 7.11 Å². The second-order valence-corrected chi connectivity index (χ2v) is 7.09. The number of carbonyl (C=O) groups is 1. The quantitative estimate of drug-likeness (QED) is 0.510. The average molecular weight is 385 g/mol. The van der Waals surface area contributed by atoms with Crippen LogP contribution in [0.15, 0.2) is 72.8 Å². The molecule has 0 aliphatic carbocycles. The van der Waals surface area contributed by atoms with Crippen molar-refractivity contribution in [3.63, 3.8) is 0 Å². The van der Waals surface area contributed by atoms with Crippen molar-refractivity contribution in [2.24, 2.45) is 0 Å². The van der Waals surface area contributed by atoms with Crippen molar-refractivity contribution in [1.29, 1.82) is 0 Å². The highest BCUT2D eigenvalue weighted by atomic mass is 16.5. The van der Waals surface area contributed by atoms with Crippen LogP contribution in [0.3, 0.4) is 0 Å². The van der Waals surface area contributed by atoms with E-state index in [0.717, 1.165) is 28.0 Å². The molecule has 0 aliphatic heterocycles. The molecule has 29 heavy (non-hydrogen) atoms. The second-order valence-electron chi connectivity index (χ2n) is 7.09. The van der Waals surface area contributed by atoms with Crippen molar-refractivity contribution in [3.8, 4) is 5.75 Å². The van der Waals surface area contributed by atoms with E-state index in [1.54, 1.807) is 19.2 Å². The lowest BCUT2D eigenvalue weighted by atomic mass is 10.0. The van der Waals surface area contributed by atoms with E-state index in [0.29, 0.717) is 17.7 Å². The summed E-state index contributed by atoms with van der Waals surface area (Å²) in [6.45, 7) is 2.05. The van der Waals surface area contributed by atoms with E-state index in [1.807, 2.05) is 49.4 Å². The molecular weight excluding hydrogens is 362 g/mol. The molecule has 0 radical (unpaired) electrons. The Morgan fingerprint density at radius 2 is 1.90 bits per heavy atom. The minimum Gasteiger partial charge on any atom is -0.497 e. The zero-order valence-corrected chi connectivity index (χ0v) is 16.5. The lowest BCUT2D eigenvalue weighted by molar-refractivity contribution is 0.0934. The van der Waals surface area contributed by atoms with Gasteiger partial charge in [-0.05, 0) is 54.8 Å². The van der Waals surface area contributed by atoms with Gasteiger partial charge in [-0.15, -0.1) is 0 Å². The Labute approximate surface area is 169 Å². The van der Waals surface area contributed by atoms with Gasteiger partial charge in [-0.1, -0.05) is 42.5 Å². The number of rotatable bonds is 6. The molecule has 0 fully saturated rings. The second kappa shape index (κ2) is 8.19. The van der Waals surface area contributed by atoms with Crippen LogP contribution >= 0.6 is 0 Å². The van der Waals surface area contributed by atoms with Crippen LogP contribution in [0.25, 0.3) is 11.0 Å². The van der Waals surface area contributed by atoms with Crippen LogP contribution < -0.4 is 10.1 Å². The number of methoxy groups -OCH3 is 1. The van der Waals surface area contributed by atoms with Gasteiger partial charge in [0, 0.05) is 5.56 Å². The maximum atomic E-state index is 12.9. The number of aromatic nitrogens is 2. The standard InChI is InChI=1S/C24H23N3O2/c1-16-11-12-20-21(13-16)26-23(25-20)22(14-17-7-4-3-5-8-17)27-24(28)18-9-6-10-19(15-18)29-2/h3-13,15,22H,14H2,1-2H3,(H,25,26)(H,27,28)/t22-/m0/s1. The van der Waals surface area contributed by atoms with Crippen LogP contribution in [0.2, 0.25) is 0 Å². The topological polar surface area (TPSA) is 67.0 Å². The number of aryl methyl sites for hydroxylation is 1. The number of ether oxygens (including phenoxy) is 1. The number of nitrogens with one attached hydrogen (secondary N) is 2. The zero-order chi connectivity index (χ0) is 20.2. The number of hydrogen-bond acceptors (Lipinski definition) is 3. The predicted molar refractivity (Wildman–Crippen MR) is 114 cm³/mol. The van der Waals surface area contributed by atoms with Gasteiger partial charge in [0.15, 0.2) is 0 Å². The van der Waals surface area contributed by atoms with E-state index in [1.165, 1.54) is 0 Å². The van der Waals surface area contributed by atoms with Crippen LogP contribution in [0, 0.1) is 6.92 Å². The number of fused-ring (bicyclic) bond motifs is 1. The Kier molecular flexibility index (Phi) is 5.29. The molecule has 1 amide bonds. The number of benzene rings is 3. The van der Waals surface area contributed by atoms with E-state index in [-0.39, 0.29) is 11.9 Å². The molecule has 1 heterocycles. The lowest BCUT2D eigenvalue weighted by Gasteiger charge is -2.17. The molecule has 5 heteroatoms. The SMILES string of the molecule is COc1cccc(C(=O)N[C@@H](Cc2ccccc2)c2nc3ccc(C)cc3[nH]2)c1. The molecule has 1 atom stereocenters. The molecule has 0 saturated carbocycles. The number of aromatic amines is 1. The molecule has 0 aliphatic rings. The summed E-state index contributed by atoms with van der Waals surface area (Å²) in [5.41, 5.74) is 4.69. The summed E-state index contributed by atoms with van der Waals surface area (Å²) in [5, 5.41) is 3.14. The number of imidazole rings is 1. The average Bonchev–Trinajstić information content (AvgIpc) is 3.17. The van der Waals surface area contributed by atoms with Gasteiger partial charge in [-0.2, -0.15) is 0 Å². The Balaban J connectivity index is 1.66. The predicted octanol–water partition coefficient (Wildman–Crippen LogP) is 4.59. The van der Waals surface area contributed by atoms with E-state index in [4.69, 9.17) is 9.72 Å². The smallest absolute Gasteiger partial charge is 0.252 e. The van der Waals surface area contributed by atoms with Gasteiger partial charge < -0.3 is 15.0 Å². The first kappa shape index (κ1) is 18.7. The van der Waals surface area contributed by atoms with Gasteiger partial charge in [0.2, 0.25) is 0 Å². The summed E-state index contributed by atoms with van der Waals surface area (Å²) in [6, 6.07) is 23.0. The zero-order valence-electron chi connectivity index (χ0n) is 16.5. The highest BCUT2D eigenvalue weighted by molar-refractivity contribution is 5.94. The number of amides is 1. The van der Waals surface area contributed by atoms with Crippen LogP contribution in [0.5, 0.6) is 5.75 Å². The van der Waals surface area contributed by atoms with Crippen molar-refractivity contribution < 1.29 is 9.53 Å². The maximum absolute atomic E-state index is 12.9. The summed E-state index contributed by atoms with van der Waals surface area (Å²) in [7, 11) is 1.59. The fourth-order valence-corrected chi connectivity index (χ4v) is 3.38. The summed E-state index contributed by atoms with van der Waals surface area (Å²) in [4.78, 5) is 21.1. The van der Waals surface area contributed by atoms with Crippen LogP contribution in [0.4, 0.5) is 0 Å². The number of nitrogens with zero attached hydrogens (tertiary/aromatic N) is 1. The van der Waals surface area contributed by atoms with E-state index in [2.05, 4.69) is 28.5 Å². The van der Waals surface area contributed by atoms with Gasteiger partial charge >= 0.3 is 0 Å². The van der Waals surface area contributed by atoms with Gasteiger partial charge in [-0.25, -0.2) is 4.98 Å². The van der Waals surface area contributed by atoms with E-state index in [9.17, 15) is 4.79 Å². The lowest BCUT2D eigenvalue weighted by Crippen LogP contribution is -2.30. The molecule has 0 unspecified atom stereocenters. The van der Waals surface area contributed by atoms with Crippen molar-refractivity contribution in [2.45, 2.75) is 19.4 Å². The van der Waals surface area contributed by atoms with E-state index < -0.39 is 0 Å². The molecule has 5 nitrogen and oxygen atoms in total. The van der Waals surface area contributed by atoms with Gasteiger partial charge in [0.05, 0.1) is 24.2 Å². The molecule has 4 rings (SSSR count). The minimum absolute atomic E-state index is 0.165. The van der Waals surface area contributed by atoms with Crippen LogP contribution in [-0.4, -0.2) is 23.0 Å². The number of carbonyl (C=O) groups excluding carboxylic acids is 1. The first-order chi connectivity index (χ1) is 14.1.